The molecule has 0 spiro atoms. The maximum Gasteiger partial charge on any atom is 0.244 e. The highest BCUT2D eigenvalue weighted by Crippen LogP contribution is 2.15. The van der Waals surface area contributed by atoms with E-state index in [1.807, 2.05) is 31.2 Å². The molecule has 1 N–H and O–H groups in total. The van der Waals surface area contributed by atoms with Gasteiger partial charge in [0.2, 0.25) is 5.91 Å². The quantitative estimate of drug-likeness (QED) is 0.717. The summed E-state index contributed by atoms with van der Waals surface area (Å²) in [6.07, 6.45) is 5.39. The summed E-state index contributed by atoms with van der Waals surface area (Å²) in [6, 6.07) is 18.9. The minimum Gasteiger partial charge on any atom is -0.350 e. The molecule has 1 unspecified atom stereocenters. The Morgan fingerprint density at radius 2 is 1.67 bits per heavy atom. The fourth-order valence-corrected chi connectivity index (χ4v) is 2.55. The normalized spacial score (nSPS) is 12.5. The van der Waals surface area contributed by atoms with E-state index >= 15 is 0 Å². The molecule has 2 heteroatoms. The van der Waals surface area contributed by atoms with Gasteiger partial charge in [-0.15, -0.1) is 0 Å². The topological polar surface area (TPSA) is 29.1 Å². The highest BCUT2D eigenvalue weighted by Gasteiger charge is 2.05. The monoisotopic (exact) mass is 321 g/mol. The maximum atomic E-state index is 12.0. The number of hydrogen-bond acceptors (Lipinski definition) is 1. The van der Waals surface area contributed by atoms with Crippen LogP contribution in [-0.4, -0.2) is 11.9 Å². The van der Waals surface area contributed by atoms with Gasteiger partial charge < -0.3 is 5.32 Å². The lowest BCUT2D eigenvalue weighted by atomic mass is 10.0. The lowest BCUT2D eigenvalue weighted by molar-refractivity contribution is -0.117. The number of aryl methyl sites for hydroxylation is 1. The number of nitrogens with one attached hydrogen (secondary N) is 1. The van der Waals surface area contributed by atoms with Gasteiger partial charge in [-0.2, -0.15) is 0 Å². The average Bonchev–Trinajstić information content (AvgIpc) is 2.59. The van der Waals surface area contributed by atoms with E-state index in [0.717, 1.165) is 18.4 Å². The summed E-state index contributed by atoms with van der Waals surface area (Å²) in [4.78, 5) is 12.0. The zero-order chi connectivity index (χ0) is 17.4. The van der Waals surface area contributed by atoms with E-state index in [1.165, 1.54) is 11.1 Å². The van der Waals surface area contributed by atoms with Crippen molar-refractivity contribution >= 4 is 12.0 Å². The number of carbonyl (C=O) groups is 1. The standard InChI is InChI=1S/C22H27NO/c1-17(2)21-14-11-20(12-15-21)13-16-22(24)23-18(3)9-10-19-7-5-4-6-8-19/h4-8,11-18H,9-10H2,1-3H3,(H,23,24). The molecule has 0 aromatic heterocycles. The van der Waals surface area contributed by atoms with Gasteiger partial charge in [0, 0.05) is 12.1 Å². The molecule has 0 saturated heterocycles. The van der Waals surface area contributed by atoms with E-state index in [9.17, 15) is 4.79 Å². The van der Waals surface area contributed by atoms with Crippen LogP contribution in [0.1, 0.15) is 49.8 Å². The molecule has 0 heterocycles. The van der Waals surface area contributed by atoms with Gasteiger partial charge in [0.05, 0.1) is 0 Å². The van der Waals surface area contributed by atoms with Crippen LogP contribution in [0.25, 0.3) is 6.08 Å². The molecular formula is C22H27NO. The van der Waals surface area contributed by atoms with E-state index in [2.05, 4.69) is 55.6 Å². The van der Waals surface area contributed by atoms with Crippen molar-refractivity contribution in [3.8, 4) is 0 Å². The Hall–Kier alpha value is -2.35. The third-order valence-electron chi connectivity index (χ3n) is 4.13. The van der Waals surface area contributed by atoms with Crippen molar-refractivity contribution in [2.75, 3.05) is 0 Å². The Balaban J connectivity index is 1.79. The summed E-state index contributed by atoms with van der Waals surface area (Å²) < 4.78 is 0. The number of rotatable bonds is 7. The lowest BCUT2D eigenvalue weighted by Crippen LogP contribution is -2.31. The molecule has 24 heavy (non-hydrogen) atoms. The van der Waals surface area contributed by atoms with Gasteiger partial charge in [-0.05, 0) is 48.4 Å². The number of amides is 1. The third-order valence-corrected chi connectivity index (χ3v) is 4.13. The van der Waals surface area contributed by atoms with Crippen molar-refractivity contribution < 1.29 is 4.79 Å². The summed E-state index contributed by atoms with van der Waals surface area (Å²) in [7, 11) is 0. The van der Waals surface area contributed by atoms with E-state index in [-0.39, 0.29) is 11.9 Å². The van der Waals surface area contributed by atoms with E-state index in [4.69, 9.17) is 0 Å². The zero-order valence-electron chi connectivity index (χ0n) is 14.8. The predicted molar refractivity (Wildman–Crippen MR) is 102 cm³/mol. The van der Waals surface area contributed by atoms with E-state index < -0.39 is 0 Å². The first-order valence-electron chi connectivity index (χ1n) is 8.67. The molecule has 126 valence electrons. The van der Waals surface area contributed by atoms with Crippen LogP contribution in [0, 0.1) is 0 Å². The Bertz CT molecular complexity index is 656. The average molecular weight is 321 g/mol. The summed E-state index contributed by atoms with van der Waals surface area (Å²) in [6.45, 7) is 6.40. The molecule has 2 aromatic carbocycles. The van der Waals surface area contributed by atoms with Gasteiger partial charge in [0.1, 0.15) is 0 Å². The molecule has 0 fully saturated rings. The van der Waals surface area contributed by atoms with Crippen LogP contribution in [-0.2, 0) is 11.2 Å². The van der Waals surface area contributed by atoms with Gasteiger partial charge in [-0.25, -0.2) is 0 Å². The summed E-state index contributed by atoms with van der Waals surface area (Å²) in [5.74, 6) is 0.486. The molecule has 1 amide bonds. The van der Waals surface area contributed by atoms with Crippen LogP contribution in [0.2, 0.25) is 0 Å². The van der Waals surface area contributed by atoms with Gasteiger partial charge in [-0.3, -0.25) is 4.79 Å². The lowest BCUT2D eigenvalue weighted by Gasteiger charge is -2.12. The predicted octanol–water partition coefficient (Wildman–Crippen LogP) is 4.96. The third kappa shape index (κ3) is 6.04. The van der Waals surface area contributed by atoms with Crippen molar-refractivity contribution in [2.24, 2.45) is 0 Å². The van der Waals surface area contributed by atoms with Gasteiger partial charge in [-0.1, -0.05) is 68.4 Å². The maximum absolute atomic E-state index is 12.0. The van der Waals surface area contributed by atoms with Gasteiger partial charge in [0.25, 0.3) is 0 Å². The first-order valence-corrected chi connectivity index (χ1v) is 8.67. The largest absolute Gasteiger partial charge is 0.350 e. The second-order valence-electron chi connectivity index (χ2n) is 6.59. The Morgan fingerprint density at radius 1 is 1.00 bits per heavy atom. The minimum atomic E-state index is -0.0384. The fraction of sp³-hybridized carbons (Fsp3) is 0.318. The first-order chi connectivity index (χ1) is 11.5. The molecule has 2 rings (SSSR count). The zero-order valence-corrected chi connectivity index (χ0v) is 14.8. The highest BCUT2D eigenvalue weighted by molar-refractivity contribution is 5.91. The fourth-order valence-electron chi connectivity index (χ4n) is 2.55. The molecule has 0 saturated carbocycles. The van der Waals surface area contributed by atoms with Crippen LogP contribution < -0.4 is 5.32 Å². The molecule has 2 nitrogen and oxygen atoms in total. The first kappa shape index (κ1) is 18.0. The van der Waals surface area contributed by atoms with E-state index in [0.29, 0.717) is 5.92 Å². The summed E-state index contributed by atoms with van der Waals surface area (Å²) in [5.41, 5.74) is 3.66. The van der Waals surface area contributed by atoms with Gasteiger partial charge >= 0.3 is 0 Å². The second-order valence-corrected chi connectivity index (χ2v) is 6.59. The second kappa shape index (κ2) is 9.07. The number of carbonyl (C=O) groups excluding carboxylic acids is 1. The van der Waals surface area contributed by atoms with Crippen molar-refractivity contribution in [1.82, 2.24) is 5.32 Å². The van der Waals surface area contributed by atoms with Crippen LogP contribution in [0.15, 0.2) is 60.7 Å². The SMILES string of the molecule is CC(CCc1ccccc1)NC(=O)C=Cc1ccc(C(C)C)cc1. The number of benzene rings is 2. The van der Waals surface area contributed by atoms with Crippen LogP contribution in [0.4, 0.5) is 0 Å². The Labute approximate surface area is 145 Å². The van der Waals surface area contributed by atoms with Crippen molar-refractivity contribution in [1.29, 1.82) is 0 Å². The molecule has 1 atom stereocenters. The van der Waals surface area contributed by atoms with Gasteiger partial charge in [0.15, 0.2) is 0 Å². The Morgan fingerprint density at radius 3 is 2.29 bits per heavy atom. The Kier molecular flexibility index (Phi) is 6.80. The summed E-state index contributed by atoms with van der Waals surface area (Å²) in [5, 5.41) is 3.02. The van der Waals surface area contributed by atoms with Crippen molar-refractivity contribution in [3.63, 3.8) is 0 Å². The smallest absolute Gasteiger partial charge is 0.244 e. The molecule has 0 aliphatic rings. The molecular weight excluding hydrogens is 294 g/mol. The van der Waals surface area contributed by atoms with Crippen LogP contribution in [0.5, 0.6) is 0 Å². The van der Waals surface area contributed by atoms with Crippen LogP contribution >= 0.6 is 0 Å². The highest BCUT2D eigenvalue weighted by atomic mass is 16.1. The summed E-state index contributed by atoms with van der Waals surface area (Å²) >= 11 is 0. The molecule has 2 aromatic rings. The number of hydrogen-bond donors (Lipinski definition) is 1. The van der Waals surface area contributed by atoms with Crippen molar-refractivity contribution in [2.45, 2.75) is 45.6 Å². The molecule has 0 bridgehead atoms. The molecule has 0 aliphatic heterocycles. The van der Waals surface area contributed by atoms with Crippen molar-refractivity contribution in [3.05, 3.63) is 77.4 Å². The molecule has 0 aliphatic carbocycles. The van der Waals surface area contributed by atoms with E-state index in [1.54, 1.807) is 6.08 Å². The van der Waals surface area contributed by atoms with Crippen LogP contribution in [0.3, 0.4) is 0 Å². The molecule has 0 radical (unpaired) electrons. The minimum absolute atomic E-state index is 0.0384.